The molecule has 3 amide bonds. The van der Waals surface area contributed by atoms with E-state index in [9.17, 15) is 9.59 Å². The molecule has 2 aliphatic rings. The van der Waals surface area contributed by atoms with Crippen molar-refractivity contribution < 1.29 is 9.59 Å². The molecule has 2 N–H and O–H groups in total. The highest BCUT2D eigenvalue weighted by atomic mass is 16.2. The van der Waals surface area contributed by atoms with Crippen LogP contribution in [0.15, 0.2) is 48.5 Å². The second-order valence-electron chi connectivity index (χ2n) is 7.75. The molecule has 1 spiro atoms. The molecule has 0 radical (unpaired) electrons. The van der Waals surface area contributed by atoms with Crippen LogP contribution in [0.25, 0.3) is 10.9 Å². The number of carbonyl (C=O) groups excluding carboxylic acids is 2. The van der Waals surface area contributed by atoms with Crippen molar-refractivity contribution in [3.8, 4) is 0 Å². The van der Waals surface area contributed by atoms with Gasteiger partial charge in [-0.15, -0.1) is 0 Å². The number of anilines is 1. The fraction of sp³-hybridized carbons (Fsp3) is 0.304. The standard InChI is InChI=1S/C23H24N4O2/c1-3-13-24-22(29)27-14-12-16-15-8-4-6-10-18(15)25-20(16)23(27)17-9-5-7-11-19(17)26(2)21(23)28/h4-11,25H,3,12-14H2,1-2H3,(H,24,29)/t23-/m1/s1. The fourth-order valence-electron chi connectivity index (χ4n) is 4.92. The molecule has 2 aromatic carbocycles. The number of aromatic amines is 1. The molecule has 1 atom stereocenters. The van der Waals surface area contributed by atoms with E-state index in [4.69, 9.17) is 0 Å². The number of aromatic nitrogens is 1. The first-order valence-electron chi connectivity index (χ1n) is 10.1. The van der Waals surface area contributed by atoms with Crippen molar-refractivity contribution in [3.63, 3.8) is 0 Å². The number of nitrogens with one attached hydrogen (secondary N) is 2. The molecule has 0 aliphatic carbocycles. The Balaban J connectivity index is 1.81. The van der Waals surface area contributed by atoms with E-state index in [0.29, 0.717) is 19.5 Å². The van der Waals surface area contributed by atoms with Gasteiger partial charge >= 0.3 is 6.03 Å². The van der Waals surface area contributed by atoms with Gasteiger partial charge in [-0.1, -0.05) is 43.3 Å². The lowest BCUT2D eigenvalue weighted by atomic mass is 9.80. The molecule has 0 saturated heterocycles. The first kappa shape index (κ1) is 17.8. The maximum Gasteiger partial charge on any atom is 0.318 e. The van der Waals surface area contributed by atoms with Crippen LogP contribution in [0.1, 0.15) is 30.2 Å². The Hall–Kier alpha value is -3.28. The molecule has 1 aromatic heterocycles. The van der Waals surface area contributed by atoms with Crippen molar-refractivity contribution in [1.29, 1.82) is 0 Å². The van der Waals surface area contributed by atoms with Crippen molar-refractivity contribution in [3.05, 3.63) is 65.4 Å². The third-order valence-corrected chi connectivity index (χ3v) is 6.21. The summed E-state index contributed by atoms with van der Waals surface area (Å²) in [5.41, 5.74) is 3.46. The zero-order valence-electron chi connectivity index (χ0n) is 16.7. The van der Waals surface area contributed by atoms with Gasteiger partial charge < -0.3 is 20.1 Å². The van der Waals surface area contributed by atoms with Crippen molar-refractivity contribution >= 4 is 28.5 Å². The molecule has 0 fully saturated rings. The Kier molecular flexibility index (Phi) is 3.91. The van der Waals surface area contributed by atoms with Gasteiger partial charge in [-0.2, -0.15) is 0 Å². The maximum atomic E-state index is 13.9. The van der Waals surface area contributed by atoms with Crippen LogP contribution in [0.5, 0.6) is 0 Å². The largest absolute Gasteiger partial charge is 0.355 e. The highest BCUT2D eigenvalue weighted by Crippen LogP contribution is 2.51. The predicted molar refractivity (Wildman–Crippen MR) is 113 cm³/mol. The van der Waals surface area contributed by atoms with E-state index in [2.05, 4.69) is 16.4 Å². The Labute approximate surface area is 169 Å². The molecular formula is C23H24N4O2. The summed E-state index contributed by atoms with van der Waals surface area (Å²) in [5.74, 6) is -0.0992. The quantitative estimate of drug-likeness (QED) is 0.707. The summed E-state index contributed by atoms with van der Waals surface area (Å²) in [6, 6.07) is 15.7. The van der Waals surface area contributed by atoms with Crippen LogP contribution in [0.2, 0.25) is 0 Å². The summed E-state index contributed by atoms with van der Waals surface area (Å²) in [6.45, 7) is 3.08. The minimum atomic E-state index is -1.17. The van der Waals surface area contributed by atoms with Gasteiger partial charge in [0.15, 0.2) is 5.54 Å². The molecule has 5 rings (SSSR count). The number of likely N-dealkylation sites (N-methyl/N-ethyl adjacent to an activating group) is 1. The van der Waals surface area contributed by atoms with Gasteiger partial charge in [0.1, 0.15) is 0 Å². The highest BCUT2D eigenvalue weighted by Gasteiger charge is 2.60. The maximum absolute atomic E-state index is 13.9. The van der Waals surface area contributed by atoms with Crippen molar-refractivity contribution in [2.75, 3.05) is 25.0 Å². The topological polar surface area (TPSA) is 68.4 Å². The molecule has 29 heavy (non-hydrogen) atoms. The van der Waals surface area contributed by atoms with Crippen LogP contribution in [-0.4, -0.2) is 42.0 Å². The van der Waals surface area contributed by atoms with Crippen molar-refractivity contribution in [2.45, 2.75) is 25.3 Å². The Morgan fingerprint density at radius 3 is 2.76 bits per heavy atom. The molecule has 148 valence electrons. The average Bonchev–Trinajstić information content (AvgIpc) is 3.23. The normalized spacial score (nSPS) is 20.3. The minimum Gasteiger partial charge on any atom is -0.355 e. The van der Waals surface area contributed by atoms with Gasteiger partial charge in [0.25, 0.3) is 5.91 Å². The summed E-state index contributed by atoms with van der Waals surface area (Å²) in [7, 11) is 1.79. The number of urea groups is 1. The summed E-state index contributed by atoms with van der Waals surface area (Å²) in [5, 5.41) is 4.11. The van der Waals surface area contributed by atoms with E-state index in [1.54, 1.807) is 16.8 Å². The van der Waals surface area contributed by atoms with E-state index in [1.165, 1.54) is 0 Å². The molecular weight excluding hydrogens is 364 g/mol. The van der Waals surface area contributed by atoms with Gasteiger partial charge in [-0.25, -0.2) is 4.79 Å². The van der Waals surface area contributed by atoms with Crippen LogP contribution >= 0.6 is 0 Å². The van der Waals surface area contributed by atoms with E-state index < -0.39 is 5.54 Å². The molecule has 3 heterocycles. The van der Waals surface area contributed by atoms with Crippen LogP contribution in [0.3, 0.4) is 0 Å². The second-order valence-corrected chi connectivity index (χ2v) is 7.75. The number of H-pyrrole nitrogens is 1. The molecule has 0 bridgehead atoms. The number of hydrogen-bond donors (Lipinski definition) is 2. The van der Waals surface area contributed by atoms with Crippen LogP contribution in [-0.2, 0) is 16.8 Å². The monoisotopic (exact) mass is 388 g/mol. The predicted octanol–water partition coefficient (Wildman–Crippen LogP) is 3.37. The number of fused-ring (bicyclic) bond motifs is 6. The fourth-order valence-corrected chi connectivity index (χ4v) is 4.92. The van der Waals surface area contributed by atoms with Gasteiger partial charge in [0.05, 0.1) is 5.69 Å². The smallest absolute Gasteiger partial charge is 0.318 e. The lowest BCUT2D eigenvalue weighted by Gasteiger charge is -2.43. The van der Waals surface area contributed by atoms with Crippen LogP contribution < -0.4 is 10.2 Å². The molecule has 6 nitrogen and oxygen atoms in total. The Bertz CT molecular complexity index is 1130. The minimum absolute atomic E-state index is 0.0992. The number of nitrogens with zero attached hydrogens (tertiary/aromatic N) is 2. The highest BCUT2D eigenvalue weighted by molar-refractivity contribution is 6.12. The molecule has 2 aliphatic heterocycles. The van der Waals surface area contributed by atoms with Gasteiger partial charge in [0, 0.05) is 42.3 Å². The lowest BCUT2D eigenvalue weighted by molar-refractivity contribution is -0.126. The van der Waals surface area contributed by atoms with Crippen molar-refractivity contribution in [1.82, 2.24) is 15.2 Å². The van der Waals surface area contributed by atoms with Crippen LogP contribution in [0, 0.1) is 0 Å². The van der Waals surface area contributed by atoms with Gasteiger partial charge in [-0.3, -0.25) is 4.79 Å². The summed E-state index contributed by atoms with van der Waals surface area (Å²) < 4.78 is 0. The zero-order valence-corrected chi connectivity index (χ0v) is 16.7. The molecule has 6 heteroatoms. The lowest BCUT2D eigenvalue weighted by Crippen LogP contribution is -2.61. The van der Waals surface area contributed by atoms with E-state index in [1.807, 2.05) is 49.4 Å². The van der Waals surface area contributed by atoms with Crippen LogP contribution in [0.4, 0.5) is 10.5 Å². The summed E-state index contributed by atoms with van der Waals surface area (Å²) >= 11 is 0. The van der Waals surface area contributed by atoms with E-state index in [-0.39, 0.29) is 11.9 Å². The number of amides is 3. The number of para-hydroxylation sites is 2. The average molecular weight is 388 g/mol. The molecule has 3 aromatic rings. The van der Waals surface area contributed by atoms with Gasteiger partial charge in [0.2, 0.25) is 0 Å². The van der Waals surface area contributed by atoms with E-state index in [0.717, 1.165) is 39.8 Å². The zero-order chi connectivity index (χ0) is 20.2. The number of rotatable bonds is 2. The van der Waals surface area contributed by atoms with Crippen molar-refractivity contribution in [2.24, 2.45) is 0 Å². The SMILES string of the molecule is CCCNC(=O)N1CCc2c([nH]c3ccccc23)[C@]12C(=O)N(C)c1ccccc12. The molecule has 0 unspecified atom stereocenters. The third kappa shape index (κ3) is 2.23. The third-order valence-electron chi connectivity index (χ3n) is 6.21. The first-order valence-corrected chi connectivity index (χ1v) is 10.1. The van der Waals surface area contributed by atoms with Gasteiger partial charge in [-0.05, 0) is 30.5 Å². The Morgan fingerprint density at radius 1 is 1.17 bits per heavy atom. The number of carbonyl (C=O) groups is 2. The number of benzene rings is 2. The second kappa shape index (κ2) is 6.37. The Morgan fingerprint density at radius 2 is 1.93 bits per heavy atom. The summed E-state index contributed by atoms with van der Waals surface area (Å²) in [6.07, 6.45) is 1.55. The summed E-state index contributed by atoms with van der Waals surface area (Å²) in [4.78, 5) is 34.0. The number of hydrogen-bond acceptors (Lipinski definition) is 2. The first-order chi connectivity index (χ1) is 14.1. The molecule has 0 saturated carbocycles. The van der Waals surface area contributed by atoms with E-state index >= 15 is 0 Å².